The molecule has 0 bridgehead atoms. The van der Waals surface area contributed by atoms with Crippen LogP contribution in [0.3, 0.4) is 0 Å². The number of aliphatic hydroxyl groups excluding tert-OH is 1. The normalized spacial score (nSPS) is 13.1. The van der Waals surface area contributed by atoms with Gasteiger partial charge in [0.25, 0.3) is 0 Å². The summed E-state index contributed by atoms with van der Waals surface area (Å²) in [4.78, 5) is 1.98. The second-order valence-corrected chi connectivity index (χ2v) is 4.52. The zero-order valence-electron chi connectivity index (χ0n) is 9.23. The van der Waals surface area contributed by atoms with Crippen molar-refractivity contribution >= 4 is 15.9 Å². The largest absolute Gasteiger partial charge is 0.507 e. The van der Waals surface area contributed by atoms with E-state index in [2.05, 4.69) is 15.9 Å². The Bertz CT molecular complexity index is 347. The highest BCUT2D eigenvalue weighted by Gasteiger charge is 2.15. The summed E-state index contributed by atoms with van der Waals surface area (Å²) in [5, 5.41) is 18.3. The summed E-state index contributed by atoms with van der Waals surface area (Å²) in [6, 6.07) is 5.37. The molecule has 0 radical (unpaired) electrons. The third-order valence-electron chi connectivity index (χ3n) is 2.56. The molecule has 0 aliphatic rings. The number of halogens is 1. The van der Waals surface area contributed by atoms with E-state index in [9.17, 15) is 5.11 Å². The number of aromatic hydroxyl groups is 1. The fourth-order valence-corrected chi connectivity index (χ4v) is 2.01. The maximum absolute atomic E-state index is 9.41. The molecule has 1 atom stereocenters. The minimum Gasteiger partial charge on any atom is -0.507 e. The molecule has 0 aliphatic heterocycles. The van der Waals surface area contributed by atoms with Gasteiger partial charge in [-0.05, 0) is 40.7 Å². The molecular formula is C11H17BrN2O2. The van der Waals surface area contributed by atoms with Gasteiger partial charge in [-0.25, -0.2) is 0 Å². The van der Waals surface area contributed by atoms with Gasteiger partial charge in [-0.1, -0.05) is 6.07 Å². The molecular weight excluding hydrogens is 272 g/mol. The predicted molar refractivity (Wildman–Crippen MR) is 67.3 cm³/mol. The van der Waals surface area contributed by atoms with Crippen molar-refractivity contribution in [1.82, 2.24) is 4.90 Å². The van der Waals surface area contributed by atoms with Gasteiger partial charge < -0.3 is 15.9 Å². The lowest BCUT2D eigenvalue weighted by Crippen LogP contribution is -2.32. The van der Waals surface area contributed by atoms with Crippen LogP contribution in [-0.4, -0.2) is 41.9 Å². The Hall–Kier alpha value is -0.620. The van der Waals surface area contributed by atoms with E-state index in [1.165, 1.54) is 0 Å². The van der Waals surface area contributed by atoms with Crippen LogP contribution in [0.25, 0.3) is 0 Å². The summed E-state index contributed by atoms with van der Waals surface area (Å²) in [6.45, 7) is 1.14. The van der Waals surface area contributed by atoms with Gasteiger partial charge in [0, 0.05) is 19.1 Å². The molecule has 4 nitrogen and oxygen atoms in total. The number of hydrogen-bond acceptors (Lipinski definition) is 4. The first-order valence-electron chi connectivity index (χ1n) is 5.09. The minimum atomic E-state index is 0.0454. The molecule has 0 saturated carbocycles. The number of aliphatic hydroxyl groups is 1. The van der Waals surface area contributed by atoms with Crippen molar-refractivity contribution in [1.29, 1.82) is 0 Å². The summed E-state index contributed by atoms with van der Waals surface area (Å²) in [6.07, 6.45) is 0. The second-order valence-electron chi connectivity index (χ2n) is 3.67. The highest BCUT2D eigenvalue weighted by molar-refractivity contribution is 9.10. The van der Waals surface area contributed by atoms with Crippen molar-refractivity contribution in [2.45, 2.75) is 6.04 Å². The first-order chi connectivity index (χ1) is 7.60. The fraction of sp³-hybridized carbons (Fsp3) is 0.455. The molecule has 0 amide bonds. The van der Waals surface area contributed by atoms with Gasteiger partial charge >= 0.3 is 0 Å². The highest BCUT2D eigenvalue weighted by atomic mass is 79.9. The quantitative estimate of drug-likeness (QED) is 0.758. The van der Waals surface area contributed by atoms with E-state index in [-0.39, 0.29) is 18.4 Å². The van der Waals surface area contributed by atoms with E-state index in [4.69, 9.17) is 10.8 Å². The lowest BCUT2D eigenvalue weighted by atomic mass is 10.1. The lowest BCUT2D eigenvalue weighted by molar-refractivity contribution is 0.183. The van der Waals surface area contributed by atoms with Gasteiger partial charge in [0.15, 0.2) is 0 Å². The molecule has 4 N–H and O–H groups in total. The molecule has 1 unspecified atom stereocenters. The molecule has 0 aromatic heterocycles. The van der Waals surface area contributed by atoms with Crippen LogP contribution in [0.2, 0.25) is 0 Å². The smallest absolute Gasteiger partial charge is 0.129 e. The van der Waals surface area contributed by atoms with E-state index in [1.807, 2.05) is 24.1 Å². The molecule has 0 spiro atoms. The summed E-state index contributed by atoms with van der Waals surface area (Å²) < 4.78 is 0.654. The standard InChI is InChI=1S/C11H17BrN2O2/c1-14(4-5-15)10(7-13)8-2-3-11(16)9(12)6-8/h2-3,6,10,15-16H,4-5,7,13H2,1H3. The van der Waals surface area contributed by atoms with Gasteiger partial charge in [-0.2, -0.15) is 0 Å². The van der Waals surface area contributed by atoms with Gasteiger partial charge in [0.05, 0.1) is 11.1 Å². The van der Waals surface area contributed by atoms with Crippen LogP contribution in [0.5, 0.6) is 5.75 Å². The summed E-state index contributed by atoms with van der Waals surface area (Å²) in [7, 11) is 1.91. The van der Waals surface area contributed by atoms with Crippen LogP contribution in [0.15, 0.2) is 22.7 Å². The Morgan fingerprint density at radius 2 is 2.19 bits per heavy atom. The number of hydrogen-bond donors (Lipinski definition) is 3. The molecule has 0 saturated heterocycles. The van der Waals surface area contributed by atoms with Crippen LogP contribution in [0.1, 0.15) is 11.6 Å². The predicted octanol–water partition coefficient (Wildman–Crippen LogP) is 1.08. The van der Waals surface area contributed by atoms with Crippen molar-refractivity contribution in [2.75, 3.05) is 26.7 Å². The number of benzene rings is 1. The summed E-state index contributed by atoms with van der Waals surface area (Å²) in [5.41, 5.74) is 6.74. The SMILES string of the molecule is CN(CCO)C(CN)c1ccc(O)c(Br)c1. The van der Waals surface area contributed by atoms with Crippen molar-refractivity contribution < 1.29 is 10.2 Å². The molecule has 5 heteroatoms. The third-order valence-corrected chi connectivity index (χ3v) is 3.20. The van der Waals surface area contributed by atoms with Gasteiger partial charge in [-0.15, -0.1) is 0 Å². The van der Waals surface area contributed by atoms with Crippen LogP contribution < -0.4 is 5.73 Å². The summed E-state index contributed by atoms with van der Waals surface area (Å²) >= 11 is 3.27. The summed E-state index contributed by atoms with van der Waals surface area (Å²) in [5.74, 6) is 0.212. The first-order valence-corrected chi connectivity index (χ1v) is 5.89. The molecule has 0 fully saturated rings. The molecule has 90 valence electrons. The highest BCUT2D eigenvalue weighted by Crippen LogP contribution is 2.28. The number of phenolic OH excluding ortho intramolecular Hbond substituents is 1. The van der Waals surface area contributed by atoms with E-state index >= 15 is 0 Å². The Morgan fingerprint density at radius 1 is 1.50 bits per heavy atom. The number of nitrogens with two attached hydrogens (primary N) is 1. The number of likely N-dealkylation sites (N-methyl/N-ethyl adjacent to an activating group) is 1. The molecule has 16 heavy (non-hydrogen) atoms. The topological polar surface area (TPSA) is 69.7 Å². The maximum Gasteiger partial charge on any atom is 0.129 e. The Labute approximate surface area is 104 Å². The van der Waals surface area contributed by atoms with E-state index in [0.29, 0.717) is 17.6 Å². The number of nitrogens with zero attached hydrogens (tertiary/aromatic N) is 1. The zero-order valence-corrected chi connectivity index (χ0v) is 10.8. The lowest BCUT2D eigenvalue weighted by Gasteiger charge is -2.26. The third kappa shape index (κ3) is 3.18. The van der Waals surface area contributed by atoms with Gasteiger partial charge in [-0.3, -0.25) is 4.90 Å². The van der Waals surface area contributed by atoms with Crippen molar-refractivity contribution in [3.05, 3.63) is 28.2 Å². The monoisotopic (exact) mass is 288 g/mol. The number of rotatable bonds is 5. The average Bonchev–Trinajstić information content (AvgIpc) is 2.25. The van der Waals surface area contributed by atoms with Gasteiger partial charge in [0.1, 0.15) is 5.75 Å². The zero-order chi connectivity index (χ0) is 12.1. The van der Waals surface area contributed by atoms with Crippen molar-refractivity contribution in [3.8, 4) is 5.75 Å². The van der Waals surface area contributed by atoms with E-state index < -0.39 is 0 Å². The minimum absolute atomic E-state index is 0.0454. The van der Waals surface area contributed by atoms with Crippen LogP contribution in [0, 0.1) is 0 Å². The average molecular weight is 289 g/mol. The van der Waals surface area contributed by atoms with Crippen LogP contribution in [0.4, 0.5) is 0 Å². The fourth-order valence-electron chi connectivity index (χ4n) is 1.61. The molecule has 0 heterocycles. The molecule has 1 rings (SSSR count). The van der Waals surface area contributed by atoms with E-state index in [0.717, 1.165) is 5.56 Å². The maximum atomic E-state index is 9.41. The Kier molecular flexibility index (Phi) is 5.21. The first kappa shape index (κ1) is 13.4. The Morgan fingerprint density at radius 3 is 2.69 bits per heavy atom. The molecule has 1 aromatic rings. The van der Waals surface area contributed by atoms with Gasteiger partial charge in [0.2, 0.25) is 0 Å². The van der Waals surface area contributed by atoms with Crippen LogP contribution in [-0.2, 0) is 0 Å². The van der Waals surface area contributed by atoms with Crippen LogP contribution >= 0.6 is 15.9 Å². The molecule has 0 aliphatic carbocycles. The number of phenols is 1. The van der Waals surface area contributed by atoms with Crippen molar-refractivity contribution in [2.24, 2.45) is 5.73 Å². The van der Waals surface area contributed by atoms with E-state index in [1.54, 1.807) is 6.07 Å². The molecule has 1 aromatic carbocycles. The second kappa shape index (κ2) is 6.20. The Balaban J connectivity index is 2.90. The van der Waals surface area contributed by atoms with Crippen molar-refractivity contribution in [3.63, 3.8) is 0 Å².